The second-order valence-electron chi connectivity index (χ2n) is 4.07. The second-order valence-corrected chi connectivity index (χ2v) is 6.35. The van der Waals surface area contributed by atoms with Gasteiger partial charge in [0.25, 0.3) is 0 Å². The molecule has 1 heterocycles. The van der Waals surface area contributed by atoms with Gasteiger partial charge in [-0.25, -0.2) is 15.0 Å². The summed E-state index contributed by atoms with van der Waals surface area (Å²) < 4.78 is -1.65. The van der Waals surface area contributed by atoms with Crippen molar-refractivity contribution in [2.75, 3.05) is 19.0 Å². The van der Waals surface area contributed by atoms with Crippen molar-refractivity contribution in [3.05, 3.63) is 36.4 Å². The topological polar surface area (TPSA) is 41.9 Å². The van der Waals surface area contributed by atoms with Gasteiger partial charge in [-0.15, -0.1) is 0 Å². The number of rotatable bonds is 2. The molecule has 7 heteroatoms. The number of hydrogen-bond donors (Lipinski definition) is 0. The molecule has 0 aliphatic carbocycles. The molecule has 0 amide bonds. The van der Waals surface area contributed by atoms with Gasteiger partial charge >= 0.3 is 0 Å². The van der Waals surface area contributed by atoms with E-state index in [-0.39, 0.29) is 5.82 Å². The summed E-state index contributed by atoms with van der Waals surface area (Å²) in [6.07, 6.45) is 1.33. The molecule has 0 bridgehead atoms. The van der Waals surface area contributed by atoms with Gasteiger partial charge in [0, 0.05) is 25.3 Å². The van der Waals surface area contributed by atoms with Crippen LogP contribution < -0.4 is 4.90 Å². The van der Waals surface area contributed by atoms with Crippen LogP contribution in [-0.4, -0.2) is 29.0 Å². The third kappa shape index (κ3) is 3.47. The number of halogens is 3. The van der Waals surface area contributed by atoms with Crippen LogP contribution in [0.1, 0.15) is 5.82 Å². The molecule has 0 N–H and O–H groups in total. The lowest BCUT2D eigenvalue weighted by Gasteiger charge is -2.13. The molecular formula is C12H11Cl3N4. The maximum atomic E-state index is 5.76. The summed E-state index contributed by atoms with van der Waals surface area (Å²) >= 11 is 17.3. The van der Waals surface area contributed by atoms with Crippen molar-refractivity contribution >= 4 is 40.5 Å². The smallest absolute Gasteiger partial charge is 0.250 e. The van der Waals surface area contributed by atoms with Crippen LogP contribution in [0.25, 0.3) is 11.4 Å². The van der Waals surface area contributed by atoms with Gasteiger partial charge in [-0.2, -0.15) is 0 Å². The van der Waals surface area contributed by atoms with Gasteiger partial charge in [0.1, 0.15) is 6.33 Å². The van der Waals surface area contributed by atoms with Crippen molar-refractivity contribution in [1.29, 1.82) is 0 Å². The third-order valence-corrected chi connectivity index (χ3v) is 2.97. The summed E-state index contributed by atoms with van der Waals surface area (Å²) in [5.41, 5.74) is 1.92. The number of alkyl halides is 3. The van der Waals surface area contributed by atoms with Crippen LogP contribution in [0.15, 0.2) is 30.6 Å². The molecule has 1 aromatic heterocycles. The average molecular weight is 318 g/mol. The molecule has 0 radical (unpaired) electrons. The normalized spacial score (nSPS) is 11.4. The number of aromatic nitrogens is 3. The van der Waals surface area contributed by atoms with Crippen LogP contribution in [0.3, 0.4) is 0 Å². The van der Waals surface area contributed by atoms with Gasteiger partial charge in [-0.1, -0.05) is 34.8 Å². The Hall–Kier alpha value is -1.10. The fourth-order valence-corrected chi connectivity index (χ4v) is 1.75. The minimum atomic E-state index is -1.65. The van der Waals surface area contributed by atoms with E-state index in [0.717, 1.165) is 11.3 Å². The zero-order chi connectivity index (χ0) is 14.0. The maximum Gasteiger partial charge on any atom is 0.250 e. The van der Waals surface area contributed by atoms with E-state index in [1.54, 1.807) is 0 Å². The minimum absolute atomic E-state index is 0.110. The van der Waals surface area contributed by atoms with E-state index in [2.05, 4.69) is 15.0 Å². The molecule has 4 nitrogen and oxygen atoms in total. The van der Waals surface area contributed by atoms with Crippen LogP contribution in [0.2, 0.25) is 0 Å². The van der Waals surface area contributed by atoms with E-state index < -0.39 is 3.79 Å². The van der Waals surface area contributed by atoms with Crippen LogP contribution in [0.4, 0.5) is 5.69 Å². The fourth-order valence-electron chi connectivity index (χ4n) is 1.48. The quantitative estimate of drug-likeness (QED) is 0.796. The Kier molecular flexibility index (Phi) is 4.13. The first-order valence-corrected chi connectivity index (χ1v) is 6.55. The predicted molar refractivity (Wildman–Crippen MR) is 78.8 cm³/mol. The maximum absolute atomic E-state index is 5.76. The number of anilines is 1. The summed E-state index contributed by atoms with van der Waals surface area (Å²) in [6, 6.07) is 7.75. The molecule has 0 aliphatic heterocycles. The summed E-state index contributed by atoms with van der Waals surface area (Å²) in [4.78, 5) is 14.1. The Labute approximate surface area is 126 Å². The van der Waals surface area contributed by atoms with Crippen molar-refractivity contribution in [3.8, 4) is 11.4 Å². The minimum Gasteiger partial charge on any atom is -0.378 e. The lowest BCUT2D eigenvalue weighted by molar-refractivity contribution is 0.924. The van der Waals surface area contributed by atoms with Gasteiger partial charge in [0.15, 0.2) is 11.6 Å². The summed E-state index contributed by atoms with van der Waals surface area (Å²) in [6.45, 7) is 0. The molecule has 0 spiro atoms. The third-order valence-electron chi connectivity index (χ3n) is 2.47. The Bertz CT molecular complexity index is 564. The molecule has 1 aromatic carbocycles. The largest absolute Gasteiger partial charge is 0.378 e. The molecule has 2 aromatic rings. The highest BCUT2D eigenvalue weighted by atomic mass is 35.6. The van der Waals surface area contributed by atoms with Crippen molar-refractivity contribution in [2.45, 2.75) is 3.79 Å². The summed E-state index contributed by atoms with van der Waals surface area (Å²) in [5.74, 6) is 0.584. The molecule has 19 heavy (non-hydrogen) atoms. The molecule has 0 unspecified atom stereocenters. The standard InChI is InChI=1S/C12H11Cl3N4/c1-19(2)9-5-3-8(4-6-9)10-16-7-17-11(18-10)12(13,14)15/h3-7H,1-2H3. The monoisotopic (exact) mass is 316 g/mol. The van der Waals surface area contributed by atoms with E-state index in [1.165, 1.54) is 6.33 Å². The molecule has 0 aliphatic rings. The number of benzene rings is 1. The van der Waals surface area contributed by atoms with Gasteiger partial charge in [-0.3, -0.25) is 0 Å². The lowest BCUT2D eigenvalue weighted by atomic mass is 10.2. The highest BCUT2D eigenvalue weighted by Crippen LogP contribution is 2.36. The molecule has 2 rings (SSSR count). The van der Waals surface area contributed by atoms with Crippen LogP contribution in [0.5, 0.6) is 0 Å². The SMILES string of the molecule is CN(C)c1ccc(-c2ncnc(C(Cl)(Cl)Cl)n2)cc1. The van der Waals surface area contributed by atoms with Crippen LogP contribution >= 0.6 is 34.8 Å². The van der Waals surface area contributed by atoms with Crippen molar-refractivity contribution < 1.29 is 0 Å². The van der Waals surface area contributed by atoms with Crippen molar-refractivity contribution in [2.24, 2.45) is 0 Å². The first-order chi connectivity index (χ1) is 8.88. The highest BCUT2D eigenvalue weighted by Gasteiger charge is 2.27. The molecule has 0 saturated carbocycles. The highest BCUT2D eigenvalue weighted by molar-refractivity contribution is 6.66. The summed E-state index contributed by atoms with van der Waals surface area (Å²) in [7, 11) is 3.94. The van der Waals surface area contributed by atoms with Crippen LogP contribution in [-0.2, 0) is 3.79 Å². The Morgan fingerprint density at radius 1 is 1.00 bits per heavy atom. The number of hydrogen-bond acceptors (Lipinski definition) is 4. The van der Waals surface area contributed by atoms with Crippen molar-refractivity contribution in [3.63, 3.8) is 0 Å². The zero-order valence-corrected chi connectivity index (χ0v) is 12.6. The second kappa shape index (κ2) is 5.49. The van der Waals surface area contributed by atoms with Gasteiger partial charge in [-0.05, 0) is 24.3 Å². The van der Waals surface area contributed by atoms with E-state index >= 15 is 0 Å². The van der Waals surface area contributed by atoms with E-state index in [4.69, 9.17) is 34.8 Å². The molecule has 0 atom stereocenters. The zero-order valence-electron chi connectivity index (χ0n) is 10.3. The Morgan fingerprint density at radius 2 is 1.63 bits per heavy atom. The van der Waals surface area contributed by atoms with Crippen LogP contribution in [0, 0.1) is 0 Å². The average Bonchev–Trinajstić information content (AvgIpc) is 2.38. The molecular weight excluding hydrogens is 307 g/mol. The van der Waals surface area contributed by atoms with E-state index in [9.17, 15) is 0 Å². The first kappa shape index (κ1) is 14.3. The van der Waals surface area contributed by atoms with Crippen molar-refractivity contribution in [1.82, 2.24) is 15.0 Å². The Morgan fingerprint density at radius 3 is 2.16 bits per heavy atom. The molecule has 0 fully saturated rings. The summed E-state index contributed by atoms with van der Waals surface area (Å²) in [5, 5.41) is 0. The first-order valence-electron chi connectivity index (χ1n) is 5.42. The predicted octanol–water partition coefficient (Wildman–Crippen LogP) is 3.43. The molecule has 100 valence electrons. The number of nitrogens with zero attached hydrogens (tertiary/aromatic N) is 4. The van der Waals surface area contributed by atoms with Gasteiger partial charge in [0.2, 0.25) is 3.79 Å². The lowest BCUT2D eigenvalue weighted by Crippen LogP contribution is -2.09. The fraction of sp³-hybridized carbons (Fsp3) is 0.250. The molecule has 0 saturated heterocycles. The van der Waals surface area contributed by atoms with E-state index in [0.29, 0.717) is 5.82 Å². The van der Waals surface area contributed by atoms with Gasteiger partial charge < -0.3 is 4.90 Å². The van der Waals surface area contributed by atoms with E-state index in [1.807, 2.05) is 43.3 Å². The Balaban J connectivity index is 2.37. The van der Waals surface area contributed by atoms with Gasteiger partial charge in [0.05, 0.1) is 0 Å².